The number of carbonyl (C=O) groups excluding carboxylic acids is 1. The van der Waals surface area contributed by atoms with Crippen molar-refractivity contribution < 1.29 is 4.79 Å². The monoisotopic (exact) mass is 371 g/mol. The van der Waals surface area contributed by atoms with Crippen LogP contribution in [0, 0.1) is 20.8 Å². The number of carbonyl (C=O) groups is 1. The van der Waals surface area contributed by atoms with Crippen molar-refractivity contribution in [3.8, 4) is 0 Å². The molecule has 0 spiro atoms. The van der Waals surface area contributed by atoms with E-state index in [4.69, 9.17) is 0 Å². The molecule has 2 heterocycles. The standard InChI is InChI=1S/C22H21N5O/c1-15-9-11-19(12-10-15)26(14-18-7-5-4-6-8-18)21(28)20-24-22-23-16(2)13-17(3)27(22)25-20/h4-13H,14H2,1-3H3. The average Bonchev–Trinajstić information content (AvgIpc) is 3.12. The second kappa shape index (κ2) is 7.23. The molecule has 0 N–H and O–H groups in total. The van der Waals surface area contributed by atoms with Gasteiger partial charge in [-0.15, -0.1) is 5.10 Å². The van der Waals surface area contributed by atoms with E-state index in [0.29, 0.717) is 12.3 Å². The van der Waals surface area contributed by atoms with Crippen LogP contribution in [-0.4, -0.2) is 25.5 Å². The fraction of sp³-hybridized carbons (Fsp3) is 0.182. The van der Waals surface area contributed by atoms with E-state index in [0.717, 1.165) is 28.2 Å². The Balaban J connectivity index is 1.76. The third-order valence-corrected chi connectivity index (χ3v) is 4.58. The molecule has 0 radical (unpaired) electrons. The highest BCUT2D eigenvalue weighted by Gasteiger charge is 2.23. The van der Waals surface area contributed by atoms with Crippen LogP contribution in [0.5, 0.6) is 0 Å². The first-order valence-electron chi connectivity index (χ1n) is 9.15. The minimum atomic E-state index is -0.254. The van der Waals surface area contributed by atoms with Crippen LogP contribution >= 0.6 is 0 Å². The topological polar surface area (TPSA) is 63.4 Å². The molecule has 0 aliphatic rings. The molecule has 0 aliphatic heterocycles. The number of nitrogens with zero attached hydrogens (tertiary/aromatic N) is 5. The lowest BCUT2D eigenvalue weighted by molar-refractivity contribution is 0.0975. The van der Waals surface area contributed by atoms with Crippen molar-refractivity contribution in [3.63, 3.8) is 0 Å². The Bertz CT molecular complexity index is 1130. The number of benzene rings is 2. The van der Waals surface area contributed by atoms with Crippen LogP contribution in [0.2, 0.25) is 0 Å². The van der Waals surface area contributed by atoms with Crippen LogP contribution in [-0.2, 0) is 6.54 Å². The quantitative estimate of drug-likeness (QED) is 0.546. The van der Waals surface area contributed by atoms with Crippen LogP contribution in [0.15, 0.2) is 60.7 Å². The summed E-state index contributed by atoms with van der Waals surface area (Å²) in [5.41, 5.74) is 4.71. The van der Waals surface area contributed by atoms with E-state index < -0.39 is 0 Å². The third-order valence-electron chi connectivity index (χ3n) is 4.58. The summed E-state index contributed by atoms with van der Waals surface area (Å²) in [5.74, 6) is 0.317. The van der Waals surface area contributed by atoms with Crippen molar-refractivity contribution in [2.24, 2.45) is 0 Å². The highest BCUT2D eigenvalue weighted by molar-refractivity contribution is 6.03. The Labute approximate surface area is 163 Å². The Kier molecular flexibility index (Phi) is 4.61. The van der Waals surface area contributed by atoms with E-state index in [9.17, 15) is 4.79 Å². The predicted octanol–water partition coefficient (Wildman–Crippen LogP) is 3.90. The Morgan fingerprint density at radius 2 is 1.68 bits per heavy atom. The third kappa shape index (κ3) is 3.49. The van der Waals surface area contributed by atoms with Gasteiger partial charge in [0.15, 0.2) is 0 Å². The molecule has 2 aromatic carbocycles. The van der Waals surface area contributed by atoms with Crippen LogP contribution < -0.4 is 4.90 Å². The van der Waals surface area contributed by atoms with E-state index in [1.165, 1.54) is 0 Å². The number of hydrogen-bond acceptors (Lipinski definition) is 4. The normalized spacial score (nSPS) is 11.0. The van der Waals surface area contributed by atoms with Crippen molar-refractivity contribution in [1.82, 2.24) is 19.6 Å². The van der Waals surface area contributed by atoms with Gasteiger partial charge in [-0.3, -0.25) is 4.79 Å². The molecular formula is C22H21N5O. The largest absolute Gasteiger partial charge is 0.301 e. The molecule has 28 heavy (non-hydrogen) atoms. The molecule has 0 unspecified atom stereocenters. The first-order chi connectivity index (χ1) is 13.5. The van der Waals surface area contributed by atoms with Crippen molar-refractivity contribution in [1.29, 1.82) is 0 Å². The van der Waals surface area contributed by atoms with Gasteiger partial charge in [0.1, 0.15) is 0 Å². The van der Waals surface area contributed by atoms with Crippen molar-refractivity contribution in [3.05, 3.63) is 89.0 Å². The molecule has 6 heteroatoms. The van der Waals surface area contributed by atoms with Crippen molar-refractivity contribution >= 4 is 17.4 Å². The second-order valence-electron chi connectivity index (χ2n) is 6.90. The van der Waals surface area contributed by atoms with E-state index in [1.807, 2.05) is 81.4 Å². The SMILES string of the molecule is Cc1ccc(N(Cc2ccccc2)C(=O)c2nc3nc(C)cc(C)n3n2)cc1. The van der Waals surface area contributed by atoms with Gasteiger partial charge >= 0.3 is 0 Å². The van der Waals surface area contributed by atoms with Gasteiger partial charge in [-0.2, -0.15) is 4.98 Å². The van der Waals surface area contributed by atoms with Gasteiger partial charge < -0.3 is 4.90 Å². The first-order valence-corrected chi connectivity index (χ1v) is 9.15. The van der Waals surface area contributed by atoms with Gasteiger partial charge in [0.25, 0.3) is 11.7 Å². The summed E-state index contributed by atoms with van der Waals surface area (Å²) in [4.78, 5) is 23.8. The van der Waals surface area contributed by atoms with E-state index in [1.54, 1.807) is 9.42 Å². The van der Waals surface area contributed by atoms with Crippen molar-refractivity contribution in [2.75, 3.05) is 4.90 Å². The summed E-state index contributed by atoms with van der Waals surface area (Å²) >= 11 is 0. The van der Waals surface area contributed by atoms with Crippen LogP contribution in [0.25, 0.3) is 5.78 Å². The summed E-state index contributed by atoms with van der Waals surface area (Å²) in [6, 6.07) is 19.7. The smallest absolute Gasteiger partial charge is 0.298 e. The number of aromatic nitrogens is 4. The second-order valence-corrected chi connectivity index (χ2v) is 6.90. The average molecular weight is 371 g/mol. The number of hydrogen-bond donors (Lipinski definition) is 0. The molecule has 140 valence electrons. The first kappa shape index (κ1) is 17.9. The Morgan fingerprint density at radius 1 is 0.964 bits per heavy atom. The lowest BCUT2D eigenvalue weighted by atomic mass is 10.1. The molecular weight excluding hydrogens is 350 g/mol. The highest BCUT2D eigenvalue weighted by Crippen LogP contribution is 2.20. The Morgan fingerprint density at radius 3 is 2.39 bits per heavy atom. The van der Waals surface area contributed by atoms with Crippen LogP contribution in [0.1, 0.15) is 33.1 Å². The lowest BCUT2D eigenvalue weighted by Crippen LogP contribution is -2.31. The zero-order valence-electron chi connectivity index (χ0n) is 16.1. The van der Waals surface area contributed by atoms with E-state index in [2.05, 4.69) is 15.1 Å². The summed E-state index contributed by atoms with van der Waals surface area (Å²) in [5, 5.41) is 4.41. The molecule has 0 bridgehead atoms. The van der Waals surface area contributed by atoms with Gasteiger partial charge in [-0.05, 0) is 44.5 Å². The summed E-state index contributed by atoms with van der Waals surface area (Å²) in [7, 11) is 0. The number of rotatable bonds is 4. The van der Waals surface area contributed by atoms with Crippen LogP contribution in [0.3, 0.4) is 0 Å². The maximum atomic E-state index is 13.4. The minimum Gasteiger partial charge on any atom is -0.301 e. The maximum Gasteiger partial charge on any atom is 0.298 e. The summed E-state index contributed by atoms with van der Waals surface area (Å²) < 4.78 is 1.61. The number of fused-ring (bicyclic) bond motifs is 1. The summed E-state index contributed by atoms with van der Waals surface area (Å²) in [6.45, 7) is 6.28. The zero-order valence-corrected chi connectivity index (χ0v) is 16.1. The summed E-state index contributed by atoms with van der Waals surface area (Å²) in [6.07, 6.45) is 0. The molecule has 0 atom stereocenters. The van der Waals surface area contributed by atoms with Crippen LogP contribution in [0.4, 0.5) is 5.69 Å². The Hall–Kier alpha value is -3.54. The van der Waals surface area contributed by atoms with E-state index in [-0.39, 0.29) is 11.7 Å². The molecule has 1 amide bonds. The molecule has 6 nitrogen and oxygen atoms in total. The molecule has 4 aromatic rings. The number of aryl methyl sites for hydroxylation is 3. The van der Waals surface area contributed by atoms with Gasteiger partial charge in [-0.1, -0.05) is 48.0 Å². The van der Waals surface area contributed by atoms with Gasteiger partial charge in [-0.25, -0.2) is 9.50 Å². The molecule has 4 rings (SSSR count). The minimum absolute atomic E-state index is 0.137. The van der Waals surface area contributed by atoms with Crippen molar-refractivity contribution in [2.45, 2.75) is 27.3 Å². The number of anilines is 1. The highest BCUT2D eigenvalue weighted by atomic mass is 16.2. The molecule has 0 saturated carbocycles. The molecule has 0 aliphatic carbocycles. The molecule has 0 fully saturated rings. The zero-order chi connectivity index (χ0) is 19.7. The fourth-order valence-corrected chi connectivity index (χ4v) is 3.15. The van der Waals surface area contributed by atoms with Gasteiger partial charge in [0, 0.05) is 17.1 Å². The maximum absolute atomic E-state index is 13.4. The van der Waals surface area contributed by atoms with Gasteiger partial charge in [0.2, 0.25) is 5.82 Å². The van der Waals surface area contributed by atoms with Gasteiger partial charge in [0.05, 0.1) is 6.54 Å². The number of amides is 1. The predicted molar refractivity (Wildman–Crippen MR) is 108 cm³/mol. The lowest BCUT2D eigenvalue weighted by Gasteiger charge is -2.22. The fourth-order valence-electron chi connectivity index (χ4n) is 3.15. The van der Waals surface area contributed by atoms with E-state index >= 15 is 0 Å². The molecule has 0 saturated heterocycles. The molecule has 2 aromatic heterocycles.